The van der Waals surface area contributed by atoms with E-state index in [4.69, 9.17) is 0 Å². The Hall–Kier alpha value is -0.860. The van der Waals surface area contributed by atoms with E-state index in [1.807, 2.05) is 0 Å². The summed E-state index contributed by atoms with van der Waals surface area (Å²) in [6.07, 6.45) is 0.729. The Morgan fingerprint density at radius 3 is 2.39 bits per heavy atom. The van der Waals surface area contributed by atoms with Gasteiger partial charge in [0.25, 0.3) is 0 Å². The molecule has 1 rings (SSSR count). The average molecular weight is 249 g/mol. The molecule has 102 valence electrons. The van der Waals surface area contributed by atoms with Gasteiger partial charge in [-0.05, 0) is 44.9 Å². The highest BCUT2D eigenvalue weighted by Gasteiger charge is 2.17. The van der Waals surface area contributed by atoms with Crippen molar-refractivity contribution in [1.82, 2.24) is 4.90 Å². The molecule has 18 heavy (non-hydrogen) atoms. The maximum absolute atomic E-state index is 10.4. The fourth-order valence-corrected chi connectivity index (χ4v) is 2.40. The molecule has 1 aromatic carbocycles. The first-order valence-electron chi connectivity index (χ1n) is 6.98. The van der Waals surface area contributed by atoms with Crippen LogP contribution in [-0.4, -0.2) is 29.1 Å². The van der Waals surface area contributed by atoms with Crippen molar-refractivity contribution in [2.45, 2.75) is 53.2 Å². The molecule has 2 heteroatoms. The van der Waals surface area contributed by atoms with E-state index in [0.717, 1.165) is 25.1 Å². The van der Waals surface area contributed by atoms with Gasteiger partial charge in [-0.1, -0.05) is 37.6 Å². The van der Waals surface area contributed by atoms with Crippen molar-refractivity contribution in [3.05, 3.63) is 34.9 Å². The van der Waals surface area contributed by atoms with Gasteiger partial charge >= 0.3 is 0 Å². The Bertz CT molecular complexity index is 375. The van der Waals surface area contributed by atoms with E-state index in [-0.39, 0.29) is 6.10 Å². The molecule has 0 aliphatic heterocycles. The largest absolute Gasteiger partial charge is 0.387 e. The zero-order valence-corrected chi connectivity index (χ0v) is 12.4. The Kier molecular flexibility index (Phi) is 5.83. The van der Waals surface area contributed by atoms with E-state index in [1.54, 1.807) is 0 Å². The van der Waals surface area contributed by atoms with Gasteiger partial charge in [-0.15, -0.1) is 0 Å². The minimum absolute atomic E-state index is 0.389. The molecule has 2 nitrogen and oxygen atoms in total. The van der Waals surface area contributed by atoms with Crippen molar-refractivity contribution < 1.29 is 5.11 Å². The second-order valence-electron chi connectivity index (χ2n) is 5.22. The van der Waals surface area contributed by atoms with Crippen LogP contribution in [0.3, 0.4) is 0 Å². The number of rotatable bonds is 6. The van der Waals surface area contributed by atoms with E-state index >= 15 is 0 Å². The molecular formula is C16H27NO. The molecule has 2 atom stereocenters. The molecule has 1 N–H and O–H groups in total. The molecule has 0 aromatic heterocycles. The third-order valence-corrected chi connectivity index (χ3v) is 3.81. The van der Waals surface area contributed by atoms with Crippen molar-refractivity contribution in [3.63, 3.8) is 0 Å². The lowest BCUT2D eigenvalue weighted by Crippen LogP contribution is -2.36. The summed E-state index contributed by atoms with van der Waals surface area (Å²) in [6, 6.07) is 6.79. The van der Waals surface area contributed by atoms with Gasteiger partial charge < -0.3 is 5.11 Å². The lowest BCUT2D eigenvalue weighted by molar-refractivity contribution is 0.0931. The molecule has 0 bridgehead atoms. The second-order valence-corrected chi connectivity index (χ2v) is 5.22. The number of aryl methyl sites for hydroxylation is 2. The number of aliphatic hydroxyl groups excluding tert-OH is 1. The quantitative estimate of drug-likeness (QED) is 0.834. The molecule has 0 saturated carbocycles. The van der Waals surface area contributed by atoms with Crippen molar-refractivity contribution in [2.75, 3.05) is 13.1 Å². The monoisotopic (exact) mass is 249 g/mol. The molecular weight excluding hydrogens is 222 g/mol. The maximum Gasteiger partial charge on any atom is 0.0919 e. The number of aliphatic hydroxyl groups is 1. The van der Waals surface area contributed by atoms with E-state index in [0.29, 0.717) is 6.04 Å². The van der Waals surface area contributed by atoms with Crippen LogP contribution in [-0.2, 0) is 0 Å². The Morgan fingerprint density at radius 1 is 1.22 bits per heavy atom. The predicted molar refractivity (Wildman–Crippen MR) is 77.9 cm³/mol. The highest BCUT2D eigenvalue weighted by atomic mass is 16.3. The number of nitrogens with zero attached hydrogens (tertiary/aromatic N) is 1. The summed E-state index contributed by atoms with van der Waals surface area (Å²) in [5.74, 6) is 0. The van der Waals surface area contributed by atoms with Gasteiger partial charge in [-0.3, -0.25) is 4.90 Å². The Morgan fingerprint density at radius 2 is 1.89 bits per heavy atom. The highest BCUT2D eigenvalue weighted by molar-refractivity contribution is 5.32. The van der Waals surface area contributed by atoms with Crippen LogP contribution in [0.1, 0.15) is 50.0 Å². The SMILES string of the molecule is CCC(C)N(CC)CC(O)c1ccc(C)cc1C. The fourth-order valence-electron chi connectivity index (χ4n) is 2.40. The standard InChI is InChI=1S/C16H27NO/c1-6-14(5)17(7-2)11-16(18)15-9-8-12(3)10-13(15)4/h8-10,14,16,18H,6-7,11H2,1-5H3. The van der Waals surface area contributed by atoms with Crippen LogP contribution in [0.5, 0.6) is 0 Å². The summed E-state index contributed by atoms with van der Waals surface area (Å²) >= 11 is 0. The van der Waals surface area contributed by atoms with Crippen LogP contribution < -0.4 is 0 Å². The highest BCUT2D eigenvalue weighted by Crippen LogP contribution is 2.21. The van der Waals surface area contributed by atoms with Crippen LogP contribution >= 0.6 is 0 Å². The fraction of sp³-hybridized carbons (Fsp3) is 0.625. The van der Waals surface area contributed by atoms with Crippen LogP contribution in [0.4, 0.5) is 0 Å². The molecule has 2 unspecified atom stereocenters. The topological polar surface area (TPSA) is 23.5 Å². The molecule has 0 saturated heterocycles. The van der Waals surface area contributed by atoms with Crippen LogP contribution in [0.2, 0.25) is 0 Å². The van der Waals surface area contributed by atoms with Gasteiger partial charge in [0.15, 0.2) is 0 Å². The van der Waals surface area contributed by atoms with E-state index in [9.17, 15) is 5.11 Å². The number of benzene rings is 1. The molecule has 0 radical (unpaired) electrons. The summed E-state index contributed by atoms with van der Waals surface area (Å²) in [5, 5.41) is 10.4. The molecule has 0 amide bonds. The smallest absolute Gasteiger partial charge is 0.0919 e. The van der Waals surface area contributed by atoms with Gasteiger partial charge in [0.05, 0.1) is 6.10 Å². The first-order chi connectivity index (χ1) is 8.49. The number of likely N-dealkylation sites (N-methyl/N-ethyl adjacent to an activating group) is 1. The second kappa shape index (κ2) is 6.91. The van der Waals surface area contributed by atoms with Crippen molar-refractivity contribution in [2.24, 2.45) is 0 Å². The predicted octanol–water partition coefficient (Wildman–Crippen LogP) is 3.46. The number of hydrogen-bond acceptors (Lipinski definition) is 2. The number of hydrogen-bond donors (Lipinski definition) is 1. The lowest BCUT2D eigenvalue weighted by atomic mass is 10.0. The van der Waals surface area contributed by atoms with Crippen molar-refractivity contribution in [1.29, 1.82) is 0 Å². The molecule has 1 aromatic rings. The first kappa shape index (κ1) is 15.2. The zero-order valence-electron chi connectivity index (χ0n) is 12.4. The summed E-state index contributed by atoms with van der Waals surface area (Å²) < 4.78 is 0. The Balaban J connectivity index is 2.77. The summed E-state index contributed by atoms with van der Waals surface area (Å²) in [5.41, 5.74) is 3.49. The third-order valence-electron chi connectivity index (χ3n) is 3.81. The van der Waals surface area contributed by atoms with Crippen LogP contribution in [0.25, 0.3) is 0 Å². The zero-order chi connectivity index (χ0) is 13.7. The van der Waals surface area contributed by atoms with Gasteiger partial charge in [0.1, 0.15) is 0 Å². The summed E-state index contributed by atoms with van der Waals surface area (Å²) in [4.78, 5) is 2.34. The molecule has 0 fully saturated rings. The third kappa shape index (κ3) is 3.82. The van der Waals surface area contributed by atoms with E-state index < -0.39 is 0 Å². The average Bonchev–Trinajstić information content (AvgIpc) is 2.34. The minimum Gasteiger partial charge on any atom is -0.387 e. The van der Waals surface area contributed by atoms with Gasteiger partial charge in [-0.25, -0.2) is 0 Å². The van der Waals surface area contributed by atoms with Crippen LogP contribution in [0, 0.1) is 13.8 Å². The van der Waals surface area contributed by atoms with Crippen LogP contribution in [0.15, 0.2) is 18.2 Å². The molecule has 0 spiro atoms. The molecule has 0 aliphatic rings. The minimum atomic E-state index is -0.389. The Labute approximate surface area is 112 Å². The summed E-state index contributed by atoms with van der Waals surface area (Å²) in [7, 11) is 0. The van der Waals surface area contributed by atoms with Gasteiger partial charge in [0, 0.05) is 12.6 Å². The van der Waals surface area contributed by atoms with Gasteiger partial charge in [0.2, 0.25) is 0 Å². The van der Waals surface area contributed by atoms with Crippen molar-refractivity contribution in [3.8, 4) is 0 Å². The van der Waals surface area contributed by atoms with E-state index in [1.165, 1.54) is 11.1 Å². The van der Waals surface area contributed by atoms with Gasteiger partial charge in [-0.2, -0.15) is 0 Å². The van der Waals surface area contributed by atoms with E-state index in [2.05, 4.69) is 57.7 Å². The summed E-state index contributed by atoms with van der Waals surface area (Å²) in [6.45, 7) is 12.4. The lowest BCUT2D eigenvalue weighted by Gasteiger charge is -2.29. The normalized spacial score (nSPS) is 14.8. The first-order valence-corrected chi connectivity index (χ1v) is 6.98. The molecule has 0 aliphatic carbocycles. The molecule has 0 heterocycles. The maximum atomic E-state index is 10.4. The van der Waals surface area contributed by atoms with Crippen molar-refractivity contribution >= 4 is 0 Å².